The van der Waals surface area contributed by atoms with Gasteiger partial charge in [0.1, 0.15) is 11.4 Å². The van der Waals surface area contributed by atoms with Gasteiger partial charge in [0.25, 0.3) is 0 Å². The summed E-state index contributed by atoms with van der Waals surface area (Å²) in [5.41, 5.74) is 0.401. The maximum Gasteiger partial charge on any atom is 0.407 e. The summed E-state index contributed by atoms with van der Waals surface area (Å²) in [7, 11) is 1.23. The van der Waals surface area contributed by atoms with Crippen molar-refractivity contribution in [2.75, 3.05) is 18.0 Å². The number of hydrogen-bond acceptors (Lipinski definition) is 5. The maximum atomic E-state index is 14.1. The molecule has 1 amide bonds. The number of amides is 1. The first-order valence-electron chi connectivity index (χ1n) is 8.06. The van der Waals surface area contributed by atoms with Crippen LogP contribution in [-0.2, 0) is 4.74 Å². The monoisotopic (exact) mass is 490 g/mol. The number of anilines is 1. The van der Waals surface area contributed by atoms with Crippen LogP contribution in [-0.4, -0.2) is 37.1 Å². The van der Waals surface area contributed by atoms with E-state index < -0.39 is 17.5 Å². The number of hydrogen-bond donors (Lipinski definition) is 1. The summed E-state index contributed by atoms with van der Waals surface area (Å²) in [5, 5.41) is 5.55. The molecule has 1 aromatic rings. The van der Waals surface area contributed by atoms with Gasteiger partial charge in [-0.2, -0.15) is 0 Å². The van der Waals surface area contributed by atoms with Crippen molar-refractivity contribution in [1.29, 1.82) is 0 Å². The van der Waals surface area contributed by atoms with Crippen molar-refractivity contribution in [2.45, 2.75) is 38.8 Å². The minimum atomic E-state index is -0.561. The molecule has 2 rings (SSSR count). The lowest BCUT2D eigenvalue weighted by Crippen LogP contribution is -2.40. The van der Waals surface area contributed by atoms with Crippen molar-refractivity contribution >= 4 is 48.2 Å². The Morgan fingerprint density at radius 1 is 1.50 bits per heavy atom. The first-order valence-corrected chi connectivity index (χ1v) is 11.4. The molecule has 1 unspecified atom stereocenters. The van der Waals surface area contributed by atoms with Gasteiger partial charge < -0.3 is 15.0 Å². The molecule has 0 bridgehead atoms. The Kier molecular flexibility index (Phi) is 7.17. The molecule has 8 heteroatoms. The number of ether oxygens (including phenoxy) is 1. The Morgan fingerprint density at radius 2 is 2.23 bits per heavy atom. The Hall–Kier alpha value is -1.47. The Bertz CT molecular complexity index is 755. The Labute approximate surface area is 169 Å². The molecule has 1 aliphatic heterocycles. The summed E-state index contributed by atoms with van der Waals surface area (Å²) >= 11 is 1.99. The van der Waals surface area contributed by atoms with E-state index in [1.807, 2.05) is 26.1 Å². The van der Waals surface area contributed by atoms with Crippen LogP contribution in [0.15, 0.2) is 12.1 Å². The molecular formula is C18H20FIN2O3S. The highest BCUT2D eigenvalue weighted by Gasteiger charge is 2.28. The van der Waals surface area contributed by atoms with Crippen LogP contribution in [0, 0.1) is 17.0 Å². The predicted octanol–water partition coefficient (Wildman–Crippen LogP) is 4.13. The molecule has 1 fully saturated rings. The lowest BCUT2D eigenvalue weighted by atomic mass is 10.1. The SMILES string of the molecule is CC(C)(C)OC(=O)NC1CCN(c2ccc(F)c(C#CSI)c2C=O)C1. The molecule has 1 aromatic carbocycles. The number of nitrogens with one attached hydrogen (secondary N) is 1. The van der Waals surface area contributed by atoms with E-state index in [0.717, 1.165) is 0 Å². The van der Waals surface area contributed by atoms with Gasteiger partial charge in [0.05, 0.1) is 17.2 Å². The van der Waals surface area contributed by atoms with Crippen molar-refractivity contribution in [3.8, 4) is 11.2 Å². The number of carbonyl (C=O) groups excluding carboxylic acids is 2. The zero-order valence-electron chi connectivity index (χ0n) is 14.8. The molecular weight excluding hydrogens is 470 g/mol. The molecule has 26 heavy (non-hydrogen) atoms. The van der Waals surface area contributed by atoms with Gasteiger partial charge in [-0.1, -0.05) is 5.92 Å². The molecule has 0 saturated carbocycles. The van der Waals surface area contributed by atoms with E-state index in [1.54, 1.807) is 26.8 Å². The maximum absolute atomic E-state index is 14.1. The molecule has 0 radical (unpaired) electrons. The zero-order chi connectivity index (χ0) is 19.3. The fraction of sp³-hybridized carbons (Fsp3) is 0.444. The van der Waals surface area contributed by atoms with E-state index in [-0.39, 0.29) is 17.2 Å². The summed E-state index contributed by atoms with van der Waals surface area (Å²) in [6, 6.07) is 2.80. The van der Waals surface area contributed by atoms with Crippen LogP contribution < -0.4 is 10.2 Å². The van der Waals surface area contributed by atoms with Crippen LogP contribution >= 0.6 is 30.1 Å². The highest BCUT2D eigenvalue weighted by Crippen LogP contribution is 2.28. The Morgan fingerprint density at radius 3 is 2.85 bits per heavy atom. The van der Waals surface area contributed by atoms with Crippen LogP contribution in [0.5, 0.6) is 0 Å². The highest BCUT2D eigenvalue weighted by atomic mass is 127. The minimum Gasteiger partial charge on any atom is -0.444 e. The summed E-state index contributed by atoms with van der Waals surface area (Å²) in [6.07, 6.45) is 0.874. The van der Waals surface area contributed by atoms with E-state index in [2.05, 4.69) is 16.5 Å². The third-order valence-corrected chi connectivity index (χ3v) is 4.59. The number of carbonyl (C=O) groups is 2. The zero-order valence-corrected chi connectivity index (χ0v) is 17.7. The first kappa shape index (κ1) is 20.8. The molecule has 0 spiro atoms. The molecule has 0 aromatic heterocycles. The number of nitrogens with zero attached hydrogens (tertiary/aromatic N) is 1. The highest BCUT2D eigenvalue weighted by molar-refractivity contribution is 14.2. The van der Waals surface area contributed by atoms with E-state index in [4.69, 9.17) is 4.74 Å². The second-order valence-electron chi connectivity index (χ2n) is 6.86. The average Bonchev–Trinajstić information content (AvgIpc) is 2.99. The van der Waals surface area contributed by atoms with E-state index >= 15 is 0 Å². The third-order valence-electron chi connectivity index (χ3n) is 3.75. The van der Waals surface area contributed by atoms with Gasteiger partial charge in [0.15, 0.2) is 6.29 Å². The summed E-state index contributed by atoms with van der Waals surface area (Å²) < 4.78 is 19.3. The van der Waals surface area contributed by atoms with Crippen LogP contribution in [0.25, 0.3) is 0 Å². The van der Waals surface area contributed by atoms with Crippen molar-refractivity contribution in [3.05, 3.63) is 29.1 Å². The van der Waals surface area contributed by atoms with Crippen LogP contribution in [0.4, 0.5) is 14.9 Å². The van der Waals surface area contributed by atoms with Gasteiger partial charge in [0, 0.05) is 40.0 Å². The molecule has 1 aliphatic rings. The van der Waals surface area contributed by atoms with Gasteiger partial charge >= 0.3 is 6.09 Å². The molecule has 0 aliphatic carbocycles. The number of aldehydes is 1. The second-order valence-corrected chi connectivity index (χ2v) is 8.53. The first-order chi connectivity index (χ1) is 12.2. The summed E-state index contributed by atoms with van der Waals surface area (Å²) in [5.74, 6) is 2.18. The van der Waals surface area contributed by atoms with Gasteiger partial charge in [-0.15, -0.1) is 0 Å². The van der Waals surface area contributed by atoms with Crippen LogP contribution in [0.2, 0.25) is 0 Å². The fourth-order valence-corrected chi connectivity index (χ4v) is 3.22. The van der Waals surface area contributed by atoms with Crippen molar-refractivity contribution < 1.29 is 18.7 Å². The van der Waals surface area contributed by atoms with Crippen LogP contribution in [0.3, 0.4) is 0 Å². The van der Waals surface area contributed by atoms with Gasteiger partial charge in [-0.25, -0.2) is 9.18 Å². The molecule has 140 valence electrons. The third kappa shape index (κ3) is 5.51. The predicted molar refractivity (Wildman–Crippen MR) is 110 cm³/mol. The van der Waals surface area contributed by atoms with Gasteiger partial charge in [0.2, 0.25) is 0 Å². The molecule has 1 heterocycles. The summed E-state index contributed by atoms with van der Waals surface area (Å²) in [6.45, 7) is 6.57. The van der Waals surface area contributed by atoms with Crippen molar-refractivity contribution in [2.24, 2.45) is 0 Å². The molecule has 1 atom stereocenters. The second kappa shape index (κ2) is 8.95. The average molecular weight is 490 g/mol. The van der Waals surface area contributed by atoms with E-state index in [1.165, 1.54) is 15.0 Å². The molecule has 5 nitrogen and oxygen atoms in total. The number of alkyl carbamates (subject to hydrolysis) is 1. The fourth-order valence-electron chi connectivity index (χ4n) is 2.75. The van der Waals surface area contributed by atoms with Gasteiger partial charge in [-0.3, -0.25) is 4.79 Å². The quantitative estimate of drug-likeness (QED) is 0.393. The smallest absolute Gasteiger partial charge is 0.407 e. The lowest BCUT2D eigenvalue weighted by molar-refractivity contribution is 0.0509. The van der Waals surface area contributed by atoms with Crippen LogP contribution in [0.1, 0.15) is 43.1 Å². The largest absolute Gasteiger partial charge is 0.444 e. The van der Waals surface area contributed by atoms with E-state index in [9.17, 15) is 14.0 Å². The minimum absolute atomic E-state index is 0.102. The lowest BCUT2D eigenvalue weighted by Gasteiger charge is -2.23. The van der Waals surface area contributed by atoms with Crippen molar-refractivity contribution in [1.82, 2.24) is 5.32 Å². The molecule has 1 saturated heterocycles. The summed E-state index contributed by atoms with van der Waals surface area (Å²) in [4.78, 5) is 25.4. The topological polar surface area (TPSA) is 58.6 Å². The Balaban J connectivity index is 2.15. The number of rotatable bonds is 3. The van der Waals surface area contributed by atoms with Crippen molar-refractivity contribution in [3.63, 3.8) is 0 Å². The number of benzene rings is 1. The normalized spacial score (nSPS) is 16.7. The standard InChI is InChI=1S/C18H20FIN2O3S/c1-18(2,3)25-17(24)21-12-6-8-22(10-12)16-5-4-15(19)13(7-9-26-20)14(16)11-23/h4-5,11-12H,6,8,10H2,1-3H3,(H,21,24). The molecule has 1 N–H and O–H groups in total. The van der Waals surface area contributed by atoms with Gasteiger partial charge in [-0.05, 0) is 53.5 Å². The van der Waals surface area contributed by atoms with E-state index in [0.29, 0.717) is 31.5 Å². The number of halogens is 2.